The van der Waals surface area contributed by atoms with Gasteiger partial charge in [-0.15, -0.1) is 0 Å². The normalized spacial score (nSPS) is 12.4. The molecule has 0 heterocycles. The number of aldehydes is 1. The second-order valence-corrected chi connectivity index (χ2v) is 10.8. The summed E-state index contributed by atoms with van der Waals surface area (Å²) in [7, 11) is -1.32. The van der Waals surface area contributed by atoms with Crippen LogP contribution in [0.15, 0.2) is 11.6 Å². The Kier molecular flexibility index (Phi) is 7.79. The number of carbonyl (C=O) groups is 2. The van der Waals surface area contributed by atoms with Gasteiger partial charge in [-0.25, -0.2) is 4.79 Å². The Bertz CT molecular complexity index is 277. The lowest BCUT2D eigenvalue weighted by atomic mass is 10.2. The lowest BCUT2D eigenvalue weighted by molar-refractivity contribution is -0.138. The number of ether oxygens (including phenoxy) is 1. The van der Waals surface area contributed by atoms with E-state index in [1.54, 1.807) is 0 Å². The molecule has 0 unspecified atom stereocenters. The van der Waals surface area contributed by atoms with Gasteiger partial charge < -0.3 is 9.53 Å². The highest BCUT2D eigenvalue weighted by Crippen LogP contribution is 2.18. The molecule has 17 heavy (non-hydrogen) atoms. The first kappa shape index (κ1) is 16.1. The van der Waals surface area contributed by atoms with Gasteiger partial charge in [0.15, 0.2) is 0 Å². The van der Waals surface area contributed by atoms with Crippen molar-refractivity contribution in [1.29, 1.82) is 0 Å². The standard InChI is InChI=1S/C13H24O3Si/c1-5-16-13(15)12(11-17(2,3)4)9-7-6-8-10-14/h9-10H,5-8,11H2,1-4H3/b12-9+. The van der Waals surface area contributed by atoms with Gasteiger partial charge in [0.25, 0.3) is 0 Å². The van der Waals surface area contributed by atoms with Crippen LogP contribution in [0.3, 0.4) is 0 Å². The van der Waals surface area contributed by atoms with E-state index in [0.29, 0.717) is 13.0 Å². The molecule has 0 N–H and O–H groups in total. The first-order valence-corrected chi connectivity index (χ1v) is 9.91. The van der Waals surface area contributed by atoms with Crippen molar-refractivity contribution in [2.45, 2.75) is 51.9 Å². The van der Waals surface area contributed by atoms with E-state index < -0.39 is 8.07 Å². The molecular formula is C13H24O3Si. The third-order valence-corrected chi connectivity index (χ3v) is 3.62. The summed E-state index contributed by atoms with van der Waals surface area (Å²) in [6, 6.07) is 0.840. The molecule has 0 spiro atoms. The Labute approximate surface area is 105 Å². The van der Waals surface area contributed by atoms with Crippen molar-refractivity contribution >= 4 is 20.3 Å². The van der Waals surface area contributed by atoms with Gasteiger partial charge in [-0.2, -0.15) is 0 Å². The van der Waals surface area contributed by atoms with Crippen molar-refractivity contribution in [3.8, 4) is 0 Å². The largest absolute Gasteiger partial charge is 0.463 e. The van der Waals surface area contributed by atoms with Crippen LogP contribution in [0.25, 0.3) is 0 Å². The molecule has 4 heteroatoms. The molecule has 0 amide bonds. The highest BCUT2D eigenvalue weighted by atomic mass is 28.3. The summed E-state index contributed by atoms with van der Waals surface area (Å²) in [4.78, 5) is 22.0. The molecule has 98 valence electrons. The van der Waals surface area contributed by atoms with Crippen molar-refractivity contribution in [3.63, 3.8) is 0 Å². The maximum Gasteiger partial charge on any atom is 0.333 e. The van der Waals surface area contributed by atoms with Gasteiger partial charge in [-0.05, 0) is 25.8 Å². The summed E-state index contributed by atoms with van der Waals surface area (Å²) < 4.78 is 5.05. The van der Waals surface area contributed by atoms with E-state index in [2.05, 4.69) is 19.6 Å². The SMILES string of the molecule is CCOC(=O)/C(=C/CCCC=O)C[Si](C)(C)C. The van der Waals surface area contributed by atoms with E-state index in [1.165, 1.54) is 0 Å². The third-order valence-electron chi connectivity index (χ3n) is 2.18. The van der Waals surface area contributed by atoms with Crippen LogP contribution in [0.4, 0.5) is 0 Å². The van der Waals surface area contributed by atoms with Gasteiger partial charge in [-0.1, -0.05) is 25.7 Å². The van der Waals surface area contributed by atoms with Gasteiger partial charge in [-0.3, -0.25) is 0 Å². The molecular weight excluding hydrogens is 232 g/mol. The first-order chi connectivity index (χ1) is 7.90. The fourth-order valence-corrected chi connectivity index (χ4v) is 2.93. The average molecular weight is 256 g/mol. The molecule has 0 radical (unpaired) electrons. The van der Waals surface area contributed by atoms with Crippen LogP contribution in [0, 0.1) is 0 Å². The lowest BCUT2D eigenvalue weighted by Crippen LogP contribution is -2.23. The summed E-state index contributed by atoms with van der Waals surface area (Å²) in [5.41, 5.74) is 0.789. The fraction of sp³-hybridized carbons (Fsp3) is 0.692. The predicted molar refractivity (Wildman–Crippen MR) is 72.8 cm³/mol. The van der Waals surface area contributed by atoms with Gasteiger partial charge in [0.2, 0.25) is 0 Å². The minimum atomic E-state index is -1.32. The van der Waals surface area contributed by atoms with E-state index in [4.69, 9.17) is 4.74 Å². The zero-order chi connectivity index (χ0) is 13.3. The maximum atomic E-state index is 11.7. The second-order valence-electron chi connectivity index (χ2n) is 5.28. The third kappa shape index (κ3) is 8.86. The van der Waals surface area contributed by atoms with Crippen LogP contribution in [0.5, 0.6) is 0 Å². The highest BCUT2D eigenvalue weighted by Gasteiger charge is 2.20. The Morgan fingerprint density at radius 2 is 1.88 bits per heavy atom. The van der Waals surface area contributed by atoms with Gasteiger partial charge >= 0.3 is 5.97 Å². The Morgan fingerprint density at radius 1 is 1.24 bits per heavy atom. The summed E-state index contributed by atoms with van der Waals surface area (Å²) >= 11 is 0. The molecule has 0 aliphatic heterocycles. The fourth-order valence-electron chi connectivity index (χ4n) is 1.50. The van der Waals surface area contributed by atoms with Crippen molar-refractivity contribution in [2.24, 2.45) is 0 Å². The predicted octanol–water partition coefficient (Wildman–Crippen LogP) is 3.18. The topological polar surface area (TPSA) is 43.4 Å². The average Bonchev–Trinajstić information content (AvgIpc) is 2.21. The van der Waals surface area contributed by atoms with Crippen molar-refractivity contribution in [3.05, 3.63) is 11.6 Å². The molecule has 0 rings (SSSR count). The number of allylic oxidation sites excluding steroid dienone is 1. The van der Waals surface area contributed by atoms with E-state index in [9.17, 15) is 9.59 Å². The van der Waals surface area contributed by atoms with Crippen LogP contribution in [-0.2, 0) is 14.3 Å². The number of hydrogen-bond donors (Lipinski definition) is 0. The zero-order valence-electron chi connectivity index (χ0n) is 11.4. The van der Waals surface area contributed by atoms with Crippen molar-refractivity contribution < 1.29 is 14.3 Å². The summed E-state index contributed by atoms with van der Waals surface area (Å²) in [5, 5.41) is 0. The van der Waals surface area contributed by atoms with Crippen LogP contribution >= 0.6 is 0 Å². The number of unbranched alkanes of at least 4 members (excludes halogenated alkanes) is 2. The molecule has 3 nitrogen and oxygen atoms in total. The monoisotopic (exact) mass is 256 g/mol. The molecule has 0 fully saturated rings. The lowest BCUT2D eigenvalue weighted by Gasteiger charge is -2.17. The summed E-state index contributed by atoms with van der Waals surface area (Å²) in [6.07, 6.45) is 4.99. The van der Waals surface area contributed by atoms with Crippen LogP contribution in [0.2, 0.25) is 25.7 Å². The molecule has 0 aromatic rings. The van der Waals surface area contributed by atoms with Crippen LogP contribution < -0.4 is 0 Å². The van der Waals surface area contributed by atoms with Gasteiger partial charge in [0.1, 0.15) is 6.29 Å². The van der Waals surface area contributed by atoms with E-state index in [-0.39, 0.29) is 5.97 Å². The smallest absolute Gasteiger partial charge is 0.333 e. The van der Waals surface area contributed by atoms with Crippen molar-refractivity contribution in [1.82, 2.24) is 0 Å². The number of esters is 1. The quantitative estimate of drug-likeness (QED) is 0.220. The van der Waals surface area contributed by atoms with Crippen LogP contribution in [-0.4, -0.2) is 26.9 Å². The molecule has 0 bridgehead atoms. The molecule has 0 atom stereocenters. The van der Waals surface area contributed by atoms with Gasteiger partial charge in [0.05, 0.1) is 6.61 Å². The minimum Gasteiger partial charge on any atom is -0.463 e. The maximum absolute atomic E-state index is 11.7. The van der Waals surface area contributed by atoms with Crippen molar-refractivity contribution in [2.75, 3.05) is 6.61 Å². The molecule has 0 saturated heterocycles. The van der Waals surface area contributed by atoms with E-state index in [1.807, 2.05) is 13.0 Å². The molecule has 0 aliphatic rings. The highest BCUT2D eigenvalue weighted by molar-refractivity contribution is 6.77. The molecule has 0 aromatic carbocycles. The second kappa shape index (κ2) is 8.23. The van der Waals surface area contributed by atoms with Crippen LogP contribution in [0.1, 0.15) is 26.2 Å². The Hall–Kier alpha value is -0.903. The zero-order valence-corrected chi connectivity index (χ0v) is 12.4. The van der Waals surface area contributed by atoms with E-state index in [0.717, 1.165) is 30.7 Å². The summed E-state index contributed by atoms with van der Waals surface area (Å²) in [5.74, 6) is -0.193. The van der Waals surface area contributed by atoms with E-state index >= 15 is 0 Å². The Morgan fingerprint density at radius 3 is 2.35 bits per heavy atom. The minimum absolute atomic E-state index is 0.193. The Balaban J connectivity index is 4.49. The molecule has 0 saturated carbocycles. The van der Waals surface area contributed by atoms with Gasteiger partial charge in [0, 0.05) is 20.1 Å². The summed E-state index contributed by atoms with van der Waals surface area (Å²) in [6.45, 7) is 8.91. The first-order valence-electron chi connectivity index (χ1n) is 6.20. The number of rotatable bonds is 8. The number of hydrogen-bond acceptors (Lipinski definition) is 3. The molecule has 0 aliphatic carbocycles. The number of carbonyl (C=O) groups excluding carboxylic acids is 2. The molecule has 0 aromatic heterocycles.